The maximum atomic E-state index is 12.8. The maximum Gasteiger partial charge on any atom is 0.127 e. The van der Waals surface area contributed by atoms with E-state index in [0.29, 0.717) is 6.42 Å². The number of rotatable bonds is 3. The van der Waals surface area contributed by atoms with E-state index in [2.05, 4.69) is 11.4 Å². The number of hydrogen-bond donors (Lipinski definition) is 1. The first-order valence-electron chi connectivity index (χ1n) is 6.15. The molecule has 96 valence electrons. The van der Waals surface area contributed by atoms with Crippen molar-refractivity contribution in [3.8, 4) is 6.07 Å². The van der Waals surface area contributed by atoms with Crippen molar-refractivity contribution in [2.75, 3.05) is 12.4 Å². The van der Waals surface area contributed by atoms with Crippen LogP contribution in [0.1, 0.15) is 25.7 Å². The summed E-state index contributed by atoms with van der Waals surface area (Å²) in [6.07, 6.45) is 3.52. The third kappa shape index (κ3) is 2.80. The minimum atomic E-state index is -0.600. The van der Waals surface area contributed by atoms with Gasteiger partial charge < -0.3 is 10.1 Å². The monoisotopic (exact) mass is 248 g/mol. The summed E-state index contributed by atoms with van der Waals surface area (Å²) in [5, 5.41) is 12.7. The lowest BCUT2D eigenvalue weighted by atomic mass is 9.81. The van der Waals surface area contributed by atoms with Gasteiger partial charge in [-0.25, -0.2) is 4.39 Å². The molecular weight excluding hydrogens is 231 g/mol. The fourth-order valence-electron chi connectivity index (χ4n) is 2.48. The normalized spacial score (nSPS) is 27.5. The van der Waals surface area contributed by atoms with Crippen LogP contribution in [0.4, 0.5) is 10.1 Å². The minimum Gasteiger partial charge on any atom is -0.381 e. The number of anilines is 1. The molecule has 0 bridgehead atoms. The second-order valence-electron chi connectivity index (χ2n) is 4.78. The maximum absolute atomic E-state index is 12.8. The number of halogens is 1. The quantitative estimate of drug-likeness (QED) is 0.894. The van der Waals surface area contributed by atoms with Gasteiger partial charge in [-0.15, -0.1) is 0 Å². The fourth-order valence-corrected chi connectivity index (χ4v) is 2.48. The third-order valence-corrected chi connectivity index (χ3v) is 3.48. The molecule has 1 saturated carbocycles. The first kappa shape index (κ1) is 12.8. The summed E-state index contributed by atoms with van der Waals surface area (Å²) in [6, 6.07) is 8.46. The highest BCUT2D eigenvalue weighted by atomic mass is 19.1. The summed E-state index contributed by atoms with van der Waals surface area (Å²) in [4.78, 5) is 0. The molecule has 18 heavy (non-hydrogen) atoms. The molecule has 2 unspecified atom stereocenters. The van der Waals surface area contributed by atoms with Crippen molar-refractivity contribution in [1.29, 1.82) is 5.26 Å². The van der Waals surface area contributed by atoms with Gasteiger partial charge in [0.25, 0.3) is 0 Å². The molecule has 2 rings (SSSR count). The standard InChI is InChI=1S/C14H17FN2O/c1-18-13-3-2-8-14(9-13,10-16)17-12-6-4-11(15)5-7-12/h4-7,13,17H,2-3,8-9H2,1H3. The van der Waals surface area contributed by atoms with Gasteiger partial charge in [0, 0.05) is 19.2 Å². The second kappa shape index (κ2) is 5.36. The molecule has 1 aliphatic rings. The molecule has 0 amide bonds. The number of benzene rings is 1. The molecule has 1 aromatic carbocycles. The molecule has 0 spiro atoms. The van der Waals surface area contributed by atoms with E-state index in [4.69, 9.17) is 4.74 Å². The summed E-state index contributed by atoms with van der Waals surface area (Å²) in [7, 11) is 1.68. The van der Waals surface area contributed by atoms with Crippen molar-refractivity contribution in [3.63, 3.8) is 0 Å². The molecule has 0 aromatic heterocycles. The lowest BCUT2D eigenvalue weighted by molar-refractivity contribution is 0.0569. The van der Waals surface area contributed by atoms with Gasteiger partial charge in [-0.1, -0.05) is 0 Å². The van der Waals surface area contributed by atoms with E-state index in [-0.39, 0.29) is 11.9 Å². The zero-order valence-electron chi connectivity index (χ0n) is 10.4. The van der Waals surface area contributed by atoms with Gasteiger partial charge in [0.1, 0.15) is 11.4 Å². The Morgan fingerprint density at radius 2 is 2.17 bits per heavy atom. The number of ether oxygens (including phenoxy) is 1. The van der Waals surface area contributed by atoms with E-state index in [9.17, 15) is 9.65 Å². The van der Waals surface area contributed by atoms with Crippen molar-refractivity contribution in [2.45, 2.75) is 37.3 Å². The molecule has 1 aromatic rings. The molecular formula is C14H17FN2O. The van der Waals surface area contributed by atoms with Crippen LogP contribution in [0.3, 0.4) is 0 Å². The zero-order chi connectivity index (χ0) is 13.0. The second-order valence-corrected chi connectivity index (χ2v) is 4.78. The highest BCUT2D eigenvalue weighted by Crippen LogP contribution is 2.32. The lowest BCUT2D eigenvalue weighted by Gasteiger charge is -2.36. The van der Waals surface area contributed by atoms with Crippen LogP contribution in [0.2, 0.25) is 0 Å². The summed E-state index contributed by atoms with van der Waals surface area (Å²) in [6.45, 7) is 0. The van der Waals surface area contributed by atoms with E-state index in [0.717, 1.165) is 24.9 Å². The van der Waals surface area contributed by atoms with Crippen LogP contribution < -0.4 is 5.32 Å². The van der Waals surface area contributed by atoms with E-state index in [1.165, 1.54) is 12.1 Å². The van der Waals surface area contributed by atoms with Gasteiger partial charge in [0.15, 0.2) is 0 Å². The molecule has 1 aliphatic carbocycles. The molecule has 1 N–H and O–H groups in total. The fraction of sp³-hybridized carbons (Fsp3) is 0.500. The smallest absolute Gasteiger partial charge is 0.127 e. The summed E-state index contributed by atoms with van der Waals surface area (Å²) < 4.78 is 18.2. The predicted octanol–water partition coefficient (Wildman–Crippen LogP) is 3.09. The Morgan fingerprint density at radius 1 is 1.44 bits per heavy atom. The van der Waals surface area contributed by atoms with Gasteiger partial charge in [-0.05, 0) is 43.5 Å². The molecule has 0 radical (unpaired) electrons. The van der Waals surface area contributed by atoms with Crippen LogP contribution in [0, 0.1) is 17.1 Å². The molecule has 0 aliphatic heterocycles. The largest absolute Gasteiger partial charge is 0.381 e. The number of nitriles is 1. The van der Waals surface area contributed by atoms with E-state index in [1.807, 2.05) is 0 Å². The van der Waals surface area contributed by atoms with Crippen LogP contribution in [0.25, 0.3) is 0 Å². The molecule has 0 saturated heterocycles. The summed E-state index contributed by atoms with van der Waals surface area (Å²) in [5.41, 5.74) is 0.172. The Kier molecular flexibility index (Phi) is 3.83. The number of hydrogen-bond acceptors (Lipinski definition) is 3. The van der Waals surface area contributed by atoms with Crippen LogP contribution in [0.5, 0.6) is 0 Å². The topological polar surface area (TPSA) is 45.0 Å². The summed E-state index contributed by atoms with van der Waals surface area (Å²) >= 11 is 0. The van der Waals surface area contributed by atoms with Crippen molar-refractivity contribution in [3.05, 3.63) is 30.1 Å². The van der Waals surface area contributed by atoms with Gasteiger partial charge >= 0.3 is 0 Å². The molecule has 0 heterocycles. The van der Waals surface area contributed by atoms with Crippen molar-refractivity contribution in [2.24, 2.45) is 0 Å². The zero-order valence-corrected chi connectivity index (χ0v) is 10.4. The molecule has 3 nitrogen and oxygen atoms in total. The number of nitrogens with one attached hydrogen (secondary N) is 1. The molecule has 4 heteroatoms. The van der Waals surface area contributed by atoms with Crippen LogP contribution in [0.15, 0.2) is 24.3 Å². The third-order valence-electron chi connectivity index (χ3n) is 3.48. The first-order valence-corrected chi connectivity index (χ1v) is 6.15. The Labute approximate surface area is 107 Å². The number of nitrogens with zero attached hydrogens (tertiary/aromatic N) is 1. The molecule has 2 atom stereocenters. The van der Waals surface area contributed by atoms with Crippen LogP contribution in [-0.4, -0.2) is 18.8 Å². The van der Waals surface area contributed by atoms with E-state index < -0.39 is 5.54 Å². The summed E-state index contributed by atoms with van der Waals surface area (Å²) in [5.74, 6) is -0.273. The van der Waals surface area contributed by atoms with E-state index >= 15 is 0 Å². The van der Waals surface area contributed by atoms with Gasteiger partial charge in [-0.2, -0.15) is 5.26 Å². The minimum absolute atomic E-state index is 0.117. The van der Waals surface area contributed by atoms with Crippen molar-refractivity contribution >= 4 is 5.69 Å². The Bertz CT molecular complexity index is 440. The van der Waals surface area contributed by atoms with Crippen LogP contribution in [-0.2, 0) is 4.74 Å². The van der Waals surface area contributed by atoms with E-state index in [1.54, 1.807) is 19.2 Å². The Balaban J connectivity index is 2.13. The van der Waals surface area contributed by atoms with Gasteiger partial charge in [-0.3, -0.25) is 0 Å². The predicted molar refractivity (Wildman–Crippen MR) is 67.6 cm³/mol. The van der Waals surface area contributed by atoms with Crippen molar-refractivity contribution in [1.82, 2.24) is 0 Å². The van der Waals surface area contributed by atoms with Gasteiger partial charge in [0.2, 0.25) is 0 Å². The molecule has 1 fully saturated rings. The average Bonchev–Trinajstić information content (AvgIpc) is 2.42. The lowest BCUT2D eigenvalue weighted by Crippen LogP contribution is -2.43. The highest BCUT2D eigenvalue weighted by Gasteiger charge is 2.36. The van der Waals surface area contributed by atoms with Crippen molar-refractivity contribution < 1.29 is 9.13 Å². The van der Waals surface area contributed by atoms with Crippen LogP contribution >= 0.6 is 0 Å². The number of methoxy groups -OCH3 is 1. The Morgan fingerprint density at radius 3 is 2.78 bits per heavy atom. The highest BCUT2D eigenvalue weighted by molar-refractivity contribution is 5.48. The average molecular weight is 248 g/mol. The first-order chi connectivity index (χ1) is 8.67. The SMILES string of the molecule is COC1CCCC(C#N)(Nc2ccc(F)cc2)C1. The Hall–Kier alpha value is -1.60. The van der Waals surface area contributed by atoms with Gasteiger partial charge in [0.05, 0.1) is 12.2 Å².